The van der Waals surface area contributed by atoms with Crippen LogP contribution in [0.2, 0.25) is 0 Å². The maximum atomic E-state index is 12.3. The Hall–Kier alpha value is -3.12. The summed E-state index contributed by atoms with van der Waals surface area (Å²) in [6.07, 6.45) is 3.51. The maximum absolute atomic E-state index is 12.3. The predicted octanol–water partition coefficient (Wildman–Crippen LogP) is 2.33. The predicted molar refractivity (Wildman–Crippen MR) is 94.4 cm³/mol. The number of hydrazone groups is 1. The average molecular weight is 338 g/mol. The average Bonchev–Trinajstić information content (AvgIpc) is 3.10. The van der Waals surface area contributed by atoms with Gasteiger partial charge in [0.1, 0.15) is 0 Å². The van der Waals surface area contributed by atoms with E-state index in [1.165, 1.54) is 6.21 Å². The molecule has 0 saturated carbocycles. The minimum absolute atomic E-state index is 0.113. The third kappa shape index (κ3) is 4.45. The lowest BCUT2D eigenvalue weighted by atomic mass is 10.1. The van der Waals surface area contributed by atoms with Crippen molar-refractivity contribution in [3.05, 3.63) is 65.2 Å². The van der Waals surface area contributed by atoms with Gasteiger partial charge in [-0.3, -0.25) is 4.79 Å². The Morgan fingerprint density at radius 1 is 1.12 bits per heavy atom. The van der Waals surface area contributed by atoms with Crippen molar-refractivity contribution in [2.45, 2.75) is 6.42 Å². The number of benzene rings is 2. The van der Waals surface area contributed by atoms with E-state index in [0.29, 0.717) is 17.1 Å². The largest absolute Gasteiger partial charge is 0.454 e. The number of hydrogen-bond donors (Lipinski definition) is 2. The van der Waals surface area contributed by atoms with E-state index < -0.39 is 0 Å². The zero-order chi connectivity index (χ0) is 17.5. The second kappa shape index (κ2) is 8.12. The third-order valence-electron chi connectivity index (χ3n) is 3.59. The van der Waals surface area contributed by atoms with Crippen LogP contribution in [-0.4, -0.2) is 30.6 Å². The van der Waals surface area contributed by atoms with Gasteiger partial charge in [-0.25, -0.2) is 5.43 Å². The van der Waals surface area contributed by atoms with E-state index in [1.807, 2.05) is 36.4 Å². The minimum Gasteiger partial charge on any atom is -0.454 e. The number of carbonyl (C=O) groups excluding carboxylic acids is 1. The summed E-state index contributed by atoms with van der Waals surface area (Å²) in [4.78, 5) is 12.3. The van der Waals surface area contributed by atoms with E-state index in [0.717, 1.165) is 11.1 Å². The molecule has 0 radical (unpaired) electrons. The lowest BCUT2D eigenvalue weighted by Crippen LogP contribution is -2.20. The zero-order valence-electron chi connectivity index (χ0n) is 13.5. The summed E-state index contributed by atoms with van der Waals surface area (Å²) >= 11 is 0. The third-order valence-corrected chi connectivity index (χ3v) is 3.59. The van der Waals surface area contributed by atoms with Gasteiger partial charge in [0, 0.05) is 18.6 Å². The Labute approximate surface area is 145 Å². The van der Waals surface area contributed by atoms with Crippen LogP contribution in [0.25, 0.3) is 6.08 Å². The summed E-state index contributed by atoms with van der Waals surface area (Å²) in [5.74, 6) is 0.993. The summed E-state index contributed by atoms with van der Waals surface area (Å²) in [5.41, 5.74) is 4.61. The van der Waals surface area contributed by atoms with Gasteiger partial charge in [-0.1, -0.05) is 30.3 Å². The van der Waals surface area contributed by atoms with Gasteiger partial charge >= 0.3 is 0 Å². The number of aliphatic hydroxyl groups is 1. The Morgan fingerprint density at radius 3 is 2.72 bits per heavy atom. The fourth-order valence-corrected chi connectivity index (χ4v) is 2.35. The molecule has 0 unspecified atom stereocenters. The topological polar surface area (TPSA) is 80.2 Å². The molecule has 0 fully saturated rings. The molecule has 25 heavy (non-hydrogen) atoms. The van der Waals surface area contributed by atoms with Gasteiger partial charge in [-0.15, -0.1) is 0 Å². The van der Waals surface area contributed by atoms with Crippen LogP contribution >= 0.6 is 0 Å². The van der Waals surface area contributed by atoms with Crippen molar-refractivity contribution < 1.29 is 19.4 Å². The van der Waals surface area contributed by atoms with Crippen LogP contribution in [-0.2, 0) is 4.79 Å². The Balaban J connectivity index is 1.66. The maximum Gasteiger partial charge on any atom is 0.267 e. The van der Waals surface area contributed by atoms with E-state index in [1.54, 1.807) is 18.2 Å². The Kier molecular flexibility index (Phi) is 5.43. The van der Waals surface area contributed by atoms with Gasteiger partial charge in [0.2, 0.25) is 6.79 Å². The molecule has 6 nitrogen and oxygen atoms in total. The molecule has 0 spiro atoms. The van der Waals surface area contributed by atoms with Crippen LogP contribution in [0.3, 0.4) is 0 Å². The number of nitrogens with zero attached hydrogens (tertiary/aromatic N) is 1. The Bertz CT molecular complexity index is 800. The fourth-order valence-electron chi connectivity index (χ4n) is 2.35. The highest BCUT2D eigenvalue weighted by Crippen LogP contribution is 2.31. The molecule has 2 N–H and O–H groups in total. The molecule has 128 valence electrons. The van der Waals surface area contributed by atoms with Crippen LogP contribution in [0.5, 0.6) is 11.5 Å². The van der Waals surface area contributed by atoms with E-state index in [4.69, 9.17) is 9.47 Å². The highest BCUT2D eigenvalue weighted by molar-refractivity contribution is 5.98. The van der Waals surface area contributed by atoms with Crippen molar-refractivity contribution >= 4 is 18.2 Å². The molecule has 0 atom stereocenters. The first-order valence-corrected chi connectivity index (χ1v) is 7.86. The number of fused-ring (bicyclic) bond motifs is 1. The molecule has 1 heterocycles. The van der Waals surface area contributed by atoms with Gasteiger partial charge in [-0.05, 0) is 35.4 Å². The first kappa shape index (κ1) is 16.7. The van der Waals surface area contributed by atoms with E-state index in [2.05, 4.69) is 10.5 Å². The van der Waals surface area contributed by atoms with Crippen molar-refractivity contribution in [3.8, 4) is 11.5 Å². The van der Waals surface area contributed by atoms with E-state index in [9.17, 15) is 9.90 Å². The first-order chi connectivity index (χ1) is 12.3. The summed E-state index contributed by atoms with van der Waals surface area (Å²) in [7, 11) is 0. The summed E-state index contributed by atoms with van der Waals surface area (Å²) in [5, 5.41) is 13.1. The molecule has 0 aromatic heterocycles. The molecule has 1 aliphatic rings. The van der Waals surface area contributed by atoms with E-state index >= 15 is 0 Å². The van der Waals surface area contributed by atoms with Crippen LogP contribution in [0.1, 0.15) is 17.5 Å². The lowest BCUT2D eigenvalue weighted by molar-refractivity contribution is -0.117. The van der Waals surface area contributed by atoms with Crippen LogP contribution in [0.15, 0.2) is 59.2 Å². The SMILES string of the molecule is O=C(N/N=C/c1ccc2c(c1)OCO2)/C(=C/c1ccccc1)CCO. The number of nitrogens with one attached hydrogen (secondary N) is 1. The number of ether oxygens (including phenoxy) is 2. The standard InChI is InChI=1S/C19H18N2O4/c22-9-8-16(10-14-4-2-1-3-5-14)19(23)21-20-12-15-6-7-17-18(11-15)25-13-24-17/h1-7,10-12,22H,8-9,13H2,(H,21,23)/b16-10+,20-12+. The summed E-state index contributed by atoms with van der Waals surface area (Å²) in [6.45, 7) is 0.0967. The molecule has 2 aromatic rings. The lowest BCUT2D eigenvalue weighted by Gasteiger charge is -2.05. The molecule has 6 heteroatoms. The summed E-state index contributed by atoms with van der Waals surface area (Å²) in [6, 6.07) is 14.8. The van der Waals surface area contributed by atoms with Crippen molar-refractivity contribution in [2.75, 3.05) is 13.4 Å². The van der Waals surface area contributed by atoms with Crippen LogP contribution < -0.4 is 14.9 Å². The number of amides is 1. The number of hydrogen-bond acceptors (Lipinski definition) is 5. The molecule has 3 rings (SSSR count). The second-order valence-electron chi connectivity index (χ2n) is 5.37. The van der Waals surface area contributed by atoms with Crippen molar-refractivity contribution in [2.24, 2.45) is 5.10 Å². The molecule has 2 aromatic carbocycles. The molecule has 1 amide bonds. The van der Waals surface area contributed by atoms with Gasteiger partial charge in [0.25, 0.3) is 5.91 Å². The molecule has 0 aliphatic carbocycles. The number of rotatable bonds is 6. The van der Waals surface area contributed by atoms with Gasteiger partial charge < -0.3 is 14.6 Å². The number of carbonyl (C=O) groups is 1. The quantitative estimate of drug-likeness (QED) is 0.481. The van der Waals surface area contributed by atoms with Gasteiger partial charge in [-0.2, -0.15) is 5.10 Å². The smallest absolute Gasteiger partial charge is 0.267 e. The van der Waals surface area contributed by atoms with Crippen molar-refractivity contribution in [1.82, 2.24) is 5.43 Å². The monoisotopic (exact) mass is 338 g/mol. The first-order valence-electron chi connectivity index (χ1n) is 7.86. The highest BCUT2D eigenvalue weighted by Gasteiger charge is 2.12. The number of aliphatic hydroxyl groups excluding tert-OH is 1. The molecule has 0 saturated heterocycles. The molecular formula is C19H18N2O4. The molecule has 1 aliphatic heterocycles. The zero-order valence-corrected chi connectivity index (χ0v) is 13.5. The van der Waals surface area contributed by atoms with Gasteiger partial charge in [0.05, 0.1) is 6.21 Å². The Morgan fingerprint density at radius 2 is 1.92 bits per heavy atom. The summed E-state index contributed by atoms with van der Waals surface area (Å²) < 4.78 is 10.5. The molecule has 0 bridgehead atoms. The van der Waals surface area contributed by atoms with Crippen molar-refractivity contribution in [3.63, 3.8) is 0 Å². The highest BCUT2D eigenvalue weighted by atomic mass is 16.7. The molecular weight excluding hydrogens is 320 g/mol. The minimum atomic E-state index is -0.352. The van der Waals surface area contributed by atoms with Crippen molar-refractivity contribution in [1.29, 1.82) is 0 Å². The van der Waals surface area contributed by atoms with Gasteiger partial charge in [0.15, 0.2) is 11.5 Å². The fraction of sp³-hybridized carbons (Fsp3) is 0.158. The van der Waals surface area contributed by atoms with Crippen LogP contribution in [0.4, 0.5) is 0 Å². The van der Waals surface area contributed by atoms with Crippen LogP contribution in [0, 0.1) is 0 Å². The normalized spacial score (nSPS) is 13.2. The second-order valence-corrected chi connectivity index (χ2v) is 5.37. The van der Waals surface area contributed by atoms with E-state index in [-0.39, 0.29) is 25.7 Å².